The van der Waals surface area contributed by atoms with Crippen LogP contribution in [0.15, 0.2) is 42.5 Å². The molecule has 0 bridgehead atoms. The van der Waals surface area contributed by atoms with Gasteiger partial charge in [-0.1, -0.05) is 36.4 Å². The highest BCUT2D eigenvalue weighted by Crippen LogP contribution is 2.38. The van der Waals surface area contributed by atoms with Crippen LogP contribution in [0.25, 0.3) is 0 Å². The van der Waals surface area contributed by atoms with Crippen molar-refractivity contribution in [1.82, 2.24) is 0 Å². The third-order valence-electron chi connectivity index (χ3n) is 3.88. The second kappa shape index (κ2) is 6.89. The van der Waals surface area contributed by atoms with Gasteiger partial charge in [0.1, 0.15) is 24.4 Å². The van der Waals surface area contributed by atoms with Crippen LogP contribution < -0.4 is 0 Å². The number of ether oxygens (including phenoxy) is 4. The van der Waals surface area contributed by atoms with E-state index in [-0.39, 0.29) is 18.5 Å². The molecule has 5 nitrogen and oxygen atoms in total. The fourth-order valence-electron chi connectivity index (χ4n) is 2.87. The number of aliphatic hydroxyl groups is 1. The highest BCUT2D eigenvalue weighted by atomic mass is 16.8. The molecule has 0 amide bonds. The van der Waals surface area contributed by atoms with Crippen LogP contribution in [0.2, 0.25) is 0 Å². The molecule has 0 aromatic heterocycles. The van der Waals surface area contributed by atoms with Crippen LogP contribution in [-0.4, -0.2) is 42.6 Å². The molecule has 2 heterocycles. The first-order chi connectivity index (χ1) is 10.7. The van der Waals surface area contributed by atoms with Crippen molar-refractivity contribution in [3.05, 3.63) is 48.0 Å². The van der Waals surface area contributed by atoms with Gasteiger partial charge in [0, 0.05) is 6.61 Å². The van der Waals surface area contributed by atoms with E-state index in [1.165, 1.54) is 0 Å². The van der Waals surface area contributed by atoms with Crippen molar-refractivity contribution < 1.29 is 24.1 Å². The van der Waals surface area contributed by atoms with E-state index in [1.54, 1.807) is 6.08 Å². The SMILES string of the molecule is CCOC(C)O[C@H]1C=C[C@@H]2O[C@@H](c3ccccc3)[C@H](O)[C@@H]2O1. The van der Waals surface area contributed by atoms with E-state index in [9.17, 15) is 5.11 Å². The third kappa shape index (κ3) is 3.24. The highest BCUT2D eigenvalue weighted by Gasteiger charge is 2.46. The van der Waals surface area contributed by atoms with Gasteiger partial charge in [-0.05, 0) is 25.5 Å². The average molecular weight is 306 g/mol. The molecular formula is C17H22O5. The minimum atomic E-state index is -0.731. The summed E-state index contributed by atoms with van der Waals surface area (Å²) >= 11 is 0. The maximum atomic E-state index is 10.5. The lowest BCUT2D eigenvalue weighted by Gasteiger charge is -2.29. The summed E-state index contributed by atoms with van der Waals surface area (Å²) in [5, 5.41) is 10.5. The number of aliphatic hydroxyl groups excluding tert-OH is 1. The van der Waals surface area contributed by atoms with Crippen LogP contribution in [0.1, 0.15) is 25.5 Å². The Morgan fingerprint density at radius 3 is 2.68 bits per heavy atom. The zero-order valence-corrected chi connectivity index (χ0v) is 12.8. The van der Waals surface area contributed by atoms with Gasteiger partial charge >= 0.3 is 0 Å². The molecule has 1 aromatic rings. The summed E-state index contributed by atoms with van der Waals surface area (Å²) in [5.41, 5.74) is 0.946. The Hall–Kier alpha value is -1.24. The molecular weight excluding hydrogens is 284 g/mol. The van der Waals surface area contributed by atoms with Crippen molar-refractivity contribution in [3.8, 4) is 0 Å². The second-order valence-electron chi connectivity index (χ2n) is 5.44. The molecule has 5 heteroatoms. The summed E-state index contributed by atoms with van der Waals surface area (Å²) in [6, 6.07) is 9.69. The van der Waals surface area contributed by atoms with Gasteiger partial charge in [-0.15, -0.1) is 0 Å². The predicted octanol–water partition coefficient (Wildman–Crippen LogP) is 2.17. The van der Waals surface area contributed by atoms with Gasteiger partial charge in [-0.25, -0.2) is 0 Å². The minimum absolute atomic E-state index is 0.262. The molecule has 120 valence electrons. The Morgan fingerprint density at radius 2 is 1.95 bits per heavy atom. The van der Waals surface area contributed by atoms with Gasteiger partial charge in [0.25, 0.3) is 0 Å². The van der Waals surface area contributed by atoms with Gasteiger partial charge < -0.3 is 24.1 Å². The van der Waals surface area contributed by atoms with Gasteiger partial charge in [-0.2, -0.15) is 0 Å². The molecule has 0 spiro atoms. The van der Waals surface area contributed by atoms with E-state index < -0.39 is 18.5 Å². The Morgan fingerprint density at radius 1 is 1.18 bits per heavy atom. The number of hydrogen-bond acceptors (Lipinski definition) is 5. The van der Waals surface area contributed by atoms with Crippen LogP contribution in [0.3, 0.4) is 0 Å². The number of fused-ring (bicyclic) bond motifs is 1. The molecule has 6 atom stereocenters. The maximum absolute atomic E-state index is 10.5. The van der Waals surface area contributed by atoms with Crippen molar-refractivity contribution in [2.45, 2.75) is 50.8 Å². The molecule has 1 aromatic carbocycles. The smallest absolute Gasteiger partial charge is 0.180 e. The van der Waals surface area contributed by atoms with Crippen molar-refractivity contribution in [1.29, 1.82) is 0 Å². The third-order valence-corrected chi connectivity index (χ3v) is 3.88. The standard InChI is InChI=1S/C17H22O5/c1-3-19-11(2)20-14-10-9-13-17(22-14)15(18)16(21-13)12-7-5-4-6-8-12/h4-11,13-18H,3H2,1-2H3/t11?,13-,14+,15-,16-,17+/m0/s1. The normalized spacial score (nSPS) is 35.3. The molecule has 1 fully saturated rings. The topological polar surface area (TPSA) is 57.2 Å². The Balaban J connectivity index is 1.66. The summed E-state index contributed by atoms with van der Waals surface area (Å²) < 4.78 is 22.7. The second-order valence-corrected chi connectivity index (χ2v) is 5.44. The van der Waals surface area contributed by atoms with E-state index in [4.69, 9.17) is 18.9 Å². The van der Waals surface area contributed by atoms with Gasteiger partial charge in [0.2, 0.25) is 0 Å². The first kappa shape index (κ1) is 15.6. The lowest BCUT2D eigenvalue weighted by molar-refractivity contribution is -0.244. The molecule has 0 saturated carbocycles. The van der Waals surface area contributed by atoms with E-state index in [0.29, 0.717) is 6.61 Å². The van der Waals surface area contributed by atoms with Crippen molar-refractivity contribution in [2.24, 2.45) is 0 Å². The van der Waals surface area contributed by atoms with E-state index in [0.717, 1.165) is 5.56 Å². The fourth-order valence-corrected chi connectivity index (χ4v) is 2.87. The lowest BCUT2D eigenvalue weighted by Crippen LogP contribution is -2.40. The first-order valence-electron chi connectivity index (χ1n) is 7.68. The summed E-state index contributed by atoms with van der Waals surface area (Å²) in [7, 11) is 0. The minimum Gasteiger partial charge on any atom is -0.387 e. The van der Waals surface area contributed by atoms with Crippen LogP contribution >= 0.6 is 0 Å². The summed E-state index contributed by atoms with van der Waals surface area (Å²) in [6.07, 6.45) is 0.989. The Labute approximate surface area is 130 Å². The van der Waals surface area contributed by atoms with Gasteiger partial charge in [0.05, 0.1) is 0 Å². The fraction of sp³-hybridized carbons (Fsp3) is 0.529. The molecule has 0 radical (unpaired) electrons. The molecule has 2 aliphatic heterocycles. The largest absolute Gasteiger partial charge is 0.387 e. The first-order valence-corrected chi connectivity index (χ1v) is 7.68. The van der Waals surface area contributed by atoms with Crippen LogP contribution in [0.5, 0.6) is 0 Å². The van der Waals surface area contributed by atoms with Crippen LogP contribution in [0, 0.1) is 0 Å². The Bertz CT molecular complexity index is 503. The summed E-state index contributed by atoms with van der Waals surface area (Å²) in [5.74, 6) is 0. The van der Waals surface area contributed by atoms with Crippen molar-refractivity contribution >= 4 is 0 Å². The zero-order chi connectivity index (χ0) is 15.5. The molecule has 1 saturated heterocycles. The van der Waals surface area contributed by atoms with Gasteiger partial charge in [-0.3, -0.25) is 0 Å². The quantitative estimate of drug-likeness (QED) is 0.667. The van der Waals surface area contributed by atoms with E-state index in [1.807, 2.05) is 50.3 Å². The molecule has 22 heavy (non-hydrogen) atoms. The number of hydrogen-bond donors (Lipinski definition) is 1. The predicted molar refractivity (Wildman–Crippen MR) is 80.0 cm³/mol. The number of rotatable bonds is 5. The summed E-state index contributed by atoms with van der Waals surface area (Å²) in [4.78, 5) is 0. The summed E-state index contributed by atoms with van der Waals surface area (Å²) in [6.45, 7) is 4.30. The molecule has 0 aliphatic carbocycles. The molecule has 2 aliphatic rings. The number of benzene rings is 1. The van der Waals surface area contributed by atoms with Crippen molar-refractivity contribution in [2.75, 3.05) is 6.61 Å². The molecule has 1 N–H and O–H groups in total. The molecule has 3 rings (SSSR count). The van der Waals surface area contributed by atoms with E-state index in [2.05, 4.69) is 0 Å². The monoisotopic (exact) mass is 306 g/mol. The molecule has 1 unspecified atom stereocenters. The lowest BCUT2D eigenvalue weighted by atomic mass is 10.0. The average Bonchev–Trinajstić information content (AvgIpc) is 2.85. The highest BCUT2D eigenvalue weighted by molar-refractivity contribution is 5.22. The van der Waals surface area contributed by atoms with Crippen molar-refractivity contribution in [3.63, 3.8) is 0 Å². The zero-order valence-electron chi connectivity index (χ0n) is 12.8. The maximum Gasteiger partial charge on any atom is 0.180 e. The van der Waals surface area contributed by atoms with Crippen LogP contribution in [0.4, 0.5) is 0 Å². The van der Waals surface area contributed by atoms with E-state index >= 15 is 0 Å². The van der Waals surface area contributed by atoms with Crippen LogP contribution in [-0.2, 0) is 18.9 Å². The van der Waals surface area contributed by atoms with Gasteiger partial charge in [0.15, 0.2) is 12.6 Å². The Kier molecular flexibility index (Phi) is 4.90.